The predicted octanol–water partition coefficient (Wildman–Crippen LogP) is 19.5. The Labute approximate surface area is 559 Å². The number of ether oxygens (including phenoxy) is 2. The zero-order valence-electron chi connectivity index (χ0n) is 59.5. The molecule has 2 aliphatic carbocycles. The molecule has 0 bridgehead atoms. The molecular weight excluding hydrogens is 1170 g/mol. The molecule has 500 valence electrons. The molecule has 4 N–H and O–H groups in total. The second-order valence-corrected chi connectivity index (χ2v) is 32.2. The minimum atomic E-state index is -0.642. The van der Waals surface area contributed by atoms with Gasteiger partial charge >= 0.3 is 11.9 Å². The number of nitrogens with zero attached hydrogens (tertiary/aromatic N) is 6. The van der Waals surface area contributed by atoms with Gasteiger partial charge in [0.05, 0.1) is 46.7 Å². The summed E-state index contributed by atoms with van der Waals surface area (Å²) in [5.41, 5.74) is 8.18. The van der Waals surface area contributed by atoms with Crippen LogP contribution in [0.25, 0.3) is 0 Å². The van der Waals surface area contributed by atoms with Crippen molar-refractivity contribution in [3.63, 3.8) is 0 Å². The molecular formula is C80H102N6O8. The van der Waals surface area contributed by atoms with Crippen molar-refractivity contribution in [1.82, 2.24) is 0 Å². The van der Waals surface area contributed by atoms with Crippen LogP contribution >= 0.6 is 0 Å². The fourth-order valence-electron chi connectivity index (χ4n) is 11.9. The summed E-state index contributed by atoms with van der Waals surface area (Å²) in [7, 11) is 0. The summed E-state index contributed by atoms with van der Waals surface area (Å²) in [4.78, 5) is 48.5. The van der Waals surface area contributed by atoms with Crippen LogP contribution in [0.1, 0.15) is 263 Å². The fraction of sp³-hybridized carbons (Fsp3) is 0.475. The number of hydrogen-bond donors (Lipinski definition) is 4. The van der Waals surface area contributed by atoms with E-state index in [0.717, 1.165) is 84.7 Å². The van der Waals surface area contributed by atoms with Crippen molar-refractivity contribution in [3.05, 3.63) is 163 Å². The van der Waals surface area contributed by atoms with E-state index in [0.29, 0.717) is 44.8 Å². The number of aliphatic imine (C=N–C) groups is 4. The largest absolute Gasteiger partial charge is 0.507 e. The average Bonchev–Trinajstić information content (AvgIpc) is 0.813. The predicted molar refractivity (Wildman–Crippen MR) is 384 cm³/mol. The molecule has 0 saturated heterocycles. The van der Waals surface area contributed by atoms with Gasteiger partial charge in [-0.25, -0.2) is 9.59 Å². The highest BCUT2D eigenvalue weighted by molar-refractivity contribution is 5.94. The smallest absolute Gasteiger partial charge is 0.343 e. The third-order valence-corrected chi connectivity index (χ3v) is 18.1. The van der Waals surface area contributed by atoms with Crippen molar-refractivity contribution < 1.29 is 39.5 Å². The Bertz CT molecular complexity index is 3700. The van der Waals surface area contributed by atoms with Gasteiger partial charge in [0.15, 0.2) is 0 Å². The molecule has 0 spiro atoms. The molecule has 8 rings (SSSR count). The topological polar surface area (TPSA) is 208 Å². The minimum Gasteiger partial charge on any atom is -0.507 e. The summed E-state index contributed by atoms with van der Waals surface area (Å²) in [5, 5.41) is 55.7. The molecule has 2 saturated carbocycles. The number of azo groups is 1. The van der Waals surface area contributed by atoms with Crippen LogP contribution in [0.5, 0.6) is 34.5 Å². The second kappa shape index (κ2) is 28.0. The average molecular weight is 1280 g/mol. The fourth-order valence-corrected chi connectivity index (χ4v) is 11.9. The highest BCUT2D eigenvalue weighted by Crippen LogP contribution is 2.42. The van der Waals surface area contributed by atoms with E-state index in [1.54, 1.807) is 85.5 Å². The summed E-state index contributed by atoms with van der Waals surface area (Å²) in [6.45, 7) is 41.2. The van der Waals surface area contributed by atoms with Crippen LogP contribution in [0.15, 0.2) is 115 Å². The molecule has 0 aliphatic heterocycles. The van der Waals surface area contributed by atoms with Crippen molar-refractivity contribution >= 4 is 48.2 Å². The number of aryl methyl sites for hydroxylation is 2. The molecule has 14 heteroatoms. The first-order valence-electron chi connectivity index (χ1n) is 33.4. The van der Waals surface area contributed by atoms with Crippen LogP contribution in [0, 0.1) is 13.8 Å². The summed E-state index contributed by atoms with van der Waals surface area (Å²) in [6.07, 6.45) is 14.1. The van der Waals surface area contributed by atoms with Crippen molar-refractivity contribution in [2.45, 2.75) is 246 Å². The number of benzene rings is 6. The summed E-state index contributed by atoms with van der Waals surface area (Å²) in [6, 6.07) is 24.3. The van der Waals surface area contributed by atoms with Gasteiger partial charge in [-0.05, 0) is 155 Å². The van der Waals surface area contributed by atoms with Crippen LogP contribution in [0.3, 0.4) is 0 Å². The number of phenolic OH excluding ortho intramolecular Hbond substituents is 4. The van der Waals surface area contributed by atoms with Gasteiger partial charge in [-0.15, -0.1) is 0 Å². The summed E-state index contributed by atoms with van der Waals surface area (Å²) in [5.74, 6) is -0.255. The summed E-state index contributed by atoms with van der Waals surface area (Å²) < 4.78 is 12.2. The zero-order valence-corrected chi connectivity index (χ0v) is 59.5. The Morgan fingerprint density at radius 3 is 0.904 bits per heavy atom. The highest BCUT2D eigenvalue weighted by Gasteiger charge is 2.31. The van der Waals surface area contributed by atoms with Gasteiger partial charge in [0.2, 0.25) is 0 Å². The van der Waals surface area contributed by atoms with E-state index in [4.69, 9.17) is 29.4 Å². The molecule has 14 nitrogen and oxygen atoms in total. The standard InChI is InChI=1S/C80H102N6O8/c1-47-29-31-49(73(91)93-57-35-53(71(89)61(41-57)79(15,16)17)45-83-65-27-23-21-25-63(65)81-43-51-33-55(75(3,4)5)39-59(69(51)87)77(9,10)11)37-67(47)85-86-68-38-50(32-30-48(68)2)74(92)94-58-36-54(72(90)62(42-58)80(18,19)20)46-84-66-28-24-22-26-64(66)82-44-52-34-56(76(6,7)8)40-60(70(52)88)78(12,13)14/h29-46,63-66,87-90H,21-28H2,1-20H3/t63-,64-,65-,66-/m1/s1. The lowest BCUT2D eigenvalue weighted by Crippen LogP contribution is -2.27. The monoisotopic (exact) mass is 1270 g/mol. The molecule has 2 fully saturated rings. The van der Waals surface area contributed by atoms with Crippen molar-refractivity contribution in [1.29, 1.82) is 0 Å². The van der Waals surface area contributed by atoms with Crippen LogP contribution in [-0.2, 0) is 32.5 Å². The molecule has 94 heavy (non-hydrogen) atoms. The first kappa shape index (κ1) is 71.6. The van der Waals surface area contributed by atoms with Gasteiger partial charge in [-0.2, -0.15) is 10.2 Å². The first-order chi connectivity index (χ1) is 43.7. The lowest BCUT2D eigenvalue weighted by Gasteiger charge is -2.28. The zero-order chi connectivity index (χ0) is 69.2. The Hall–Kier alpha value is -8.26. The SMILES string of the molecule is Cc1ccc(C(=O)Oc2cc(C=N[C@@H]3CCCC[C@H]3N=Cc3cc(C(C)(C)C)cc(C(C)(C)C)c3O)c(O)c(C(C)(C)C)c2)cc1N=Nc1cc(C(=O)Oc2cc(C=N[C@@H]3CCCC[C@H]3N=Cc3cc(C(C)(C)C)cc(C(C)(C)C)c3O)c(O)c(C(C)(C)C)c2)ccc1C. The lowest BCUT2D eigenvalue weighted by molar-refractivity contribution is 0.0724. The Balaban J connectivity index is 0.993. The number of aromatic hydroxyl groups is 4. The van der Waals surface area contributed by atoms with Crippen LogP contribution in [-0.4, -0.2) is 81.4 Å². The number of rotatable bonds is 14. The maximum atomic E-state index is 14.1. The van der Waals surface area contributed by atoms with Gasteiger partial charge < -0.3 is 29.9 Å². The maximum Gasteiger partial charge on any atom is 0.343 e. The molecule has 4 atom stereocenters. The second-order valence-electron chi connectivity index (χ2n) is 32.2. The van der Waals surface area contributed by atoms with Crippen LogP contribution in [0.2, 0.25) is 0 Å². The van der Waals surface area contributed by atoms with E-state index < -0.39 is 22.8 Å². The van der Waals surface area contributed by atoms with Gasteiger partial charge in [0.25, 0.3) is 0 Å². The van der Waals surface area contributed by atoms with Gasteiger partial charge in [0, 0.05) is 69.4 Å². The van der Waals surface area contributed by atoms with Crippen molar-refractivity contribution in [2.75, 3.05) is 0 Å². The minimum absolute atomic E-state index is 0.0458. The number of carbonyl (C=O) groups excluding carboxylic acids is 2. The van der Waals surface area contributed by atoms with Gasteiger partial charge in [0.1, 0.15) is 34.5 Å². The Morgan fingerprint density at radius 2 is 0.638 bits per heavy atom. The molecule has 6 aromatic rings. The molecule has 6 aromatic carbocycles. The number of phenols is 4. The van der Waals surface area contributed by atoms with E-state index in [2.05, 4.69) is 105 Å². The molecule has 0 unspecified atom stereocenters. The first-order valence-corrected chi connectivity index (χ1v) is 33.4. The van der Waals surface area contributed by atoms with Crippen LogP contribution in [0.4, 0.5) is 11.4 Å². The van der Waals surface area contributed by atoms with Crippen molar-refractivity contribution in [2.24, 2.45) is 30.2 Å². The molecule has 2 aliphatic rings. The molecule has 0 aromatic heterocycles. The normalized spacial score (nSPS) is 18.1. The van der Waals surface area contributed by atoms with E-state index in [-0.39, 0.29) is 91.5 Å². The Kier molecular flexibility index (Phi) is 21.3. The van der Waals surface area contributed by atoms with Gasteiger partial charge in [-0.1, -0.05) is 175 Å². The number of carbonyl (C=O) groups is 2. The third kappa shape index (κ3) is 17.5. The van der Waals surface area contributed by atoms with E-state index in [9.17, 15) is 30.0 Å². The van der Waals surface area contributed by atoms with E-state index >= 15 is 0 Å². The van der Waals surface area contributed by atoms with Gasteiger partial charge in [-0.3, -0.25) is 20.0 Å². The van der Waals surface area contributed by atoms with Crippen LogP contribution < -0.4 is 9.47 Å². The highest BCUT2D eigenvalue weighted by atomic mass is 16.5. The quantitative estimate of drug-likeness (QED) is 0.0356. The lowest BCUT2D eigenvalue weighted by atomic mass is 9.79. The number of esters is 2. The Morgan fingerprint density at radius 1 is 0.372 bits per heavy atom. The third-order valence-electron chi connectivity index (χ3n) is 18.1. The molecule has 0 heterocycles. The van der Waals surface area contributed by atoms with Crippen molar-refractivity contribution in [3.8, 4) is 34.5 Å². The molecule has 0 amide bonds. The number of hydrogen-bond acceptors (Lipinski definition) is 14. The van der Waals surface area contributed by atoms with E-state index in [1.807, 2.05) is 67.5 Å². The molecule has 0 radical (unpaired) electrons. The maximum absolute atomic E-state index is 14.1. The van der Waals surface area contributed by atoms with E-state index in [1.165, 1.54) is 0 Å². The summed E-state index contributed by atoms with van der Waals surface area (Å²) >= 11 is 0.